The molecule has 110 valence electrons. The summed E-state index contributed by atoms with van der Waals surface area (Å²) in [5.41, 5.74) is 5.91. The van der Waals surface area contributed by atoms with Gasteiger partial charge in [0, 0.05) is 6.04 Å². The van der Waals surface area contributed by atoms with Crippen molar-refractivity contribution in [3.05, 3.63) is 24.3 Å². The highest BCUT2D eigenvalue weighted by Gasteiger charge is 2.40. The fourth-order valence-electron chi connectivity index (χ4n) is 1.95. The third-order valence-corrected chi connectivity index (χ3v) is 5.02. The summed E-state index contributed by atoms with van der Waals surface area (Å²) < 4.78 is 31.3. The Balaban J connectivity index is 2.29. The van der Waals surface area contributed by atoms with E-state index in [0.717, 1.165) is 12.8 Å². The van der Waals surface area contributed by atoms with Crippen LogP contribution in [-0.2, 0) is 19.6 Å². The highest BCUT2D eigenvalue weighted by Crippen LogP contribution is 2.33. The van der Waals surface area contributed by atoms with E-state index in [0.29, 0.717) is 0 Å². The van der Waals surface area contributed by atoms with E-state index in [1.54, 1.807) is 19.1 Å². The first-order valence-electron chi connectivity index (χ1n) is 6.48. The zero-order valence-corrected chi connectivity index (χ0v) is 12.1. The normalized spacial score (nSPS) is 15.3. The second-order valence-corrected chi connectivity index (χ2v) is 6.48. The first-order chi connectivity index (χ1) is 9.46. The Hall–Kier alpha value is -1.60. The van der Waals surface area contributed by atoms with E-state index < -0.39 is 16.0 Å². The zero-order valence-electron chi connectivity index (χ0n) is 11.3. The highest BCUT2D eigenvalue weighted by molar-refractivity contribution is 7.89. The quantitative estimate of drug-likeness (QED) is 0.624. The van der Waals surface area contributed by atoms with Crippen LogP contribution >= 0.6 is 0 Å². The molecule has 1 aromatic rings. The standard InChI is InChI=1S/C13H18N2O4S/c1-2-19-13(16)9-15(10-7-8-10)20(17,18)12-6-4-3-5-11(12)14/h3-6,10H,2,7-9,14H2,1H3. The smallest absolute Gasteiger partial charge is 0.321 e. The number of anilines is 1. The van der Waals surface area contributed by atoms with E-state index in [9.17, 15) is 13.2 Å². The third kappa shape index (κ3) is 3.10. The number of esters is 1. The predicted molar refractivity (Wildman–Crippen MR) is 74.4 cm³/mol. The summed E-state index contributed by atoms with van der Waals surface area (Å²) in [6.45, 7) is 1.64. The van der Waals surface area contributed by atoms with Gasteiger partial charge in [-0.1, -0.05) is 12.1 Å². The Bertz CT molecular complexity index is 596. The number of nitrogens with zero attached hydrogens (tertiary/aromatic N) is 1. The van der Waals surface area contributed by atoms with E-state index in [1.807, 2.05) is 0 Å². The molecule has 7 heteroatoms. The maximum atomic E-state index is 12.6. The van der Waals surface area contributed by atoms with Crippen molar-refractivity contribution in [1.29, 1.82) is 0 Å². The van der Waals surface area contributed by atoms with Gasteiger partial charge in [0.05, 0.1) is 12.3 Å². The van der Waals surface area contributed by atoms with Crippen molar-refractivity contribution >= 4 is 21.7 Å². The molecule has 1 aromatic carbocycles. The number of nitrogens with two attached hydrogens (primary N) is 1. The number of carbonyl (C=O) groups is 1. The van der Waals surface area contributed by atoms with Crippen LogP contribution in [0.1, 0.15) is 19.8 Å². The Morgan fingerprint density at radius 1 is 1.40 bits per heavy atom. The topological polar surface area (TPSA) is 89.7 Å². The maximum Gasteiger partial charge on any atom is 0.321 e. The summed E-state index contributed by atoms with van der Waals surface area (Å²) in [5.74, 6) is -0.544. The SMILES string of the molecule is CCOC(=O)CN(C1CC1)S(=O)(=O)c1ccccc1N. The molecule has 2 N–H and O–H groups in total. The number of hydrogen-bond acceptors (Lipinski definition) is 5. The molecule has 0 heterocycles. The zero-order chi connectivity index (χ0) is 14.8. The molecule has 1 fully saturated rings. The van der Waals surface area contributed by atoms with Crippen molar-refractivity contribution in [1.82, 2.24) is 4.31 Å². The van der Waals surface area contributed by atoms with Gasteiger partial charge < -0.3 is 10.5 Å². The molecular weight excluding hydrogens is 280 g/mol. The molecule has 0 unspecified atom stereocenters. The molecular formula is C13H18N2O4S. The Morgan fingerprint density at radius 2 is 2.05 bits per heavy atom. The van der Waals surface area contributed by atoms with Gasteiger partial charge in [-0.2, -0.15) is 4.31 Å². The van der Waals surface area contributed by atoms with Crippen LogP contribution in [0.4, 0.5) is 5.69 Å². The summed E-state index contributed by atoms with van der Waals surface area (Å²) in [7, 11) is -3.77. The van der Waals surface area contributed by atoms with Crippen LogP contribution in [0.15, 0.2) is 29.2 Å². The summed E-state index contributed by atoms with van der Waals surface area (Å²) in [6.07, 6.45) is 1.51. The van der Waals surface area contributed by atoms with Crippen molar-refractivity contribution in [2.45, 2.75) is 30.7 Å². The van der Waals surface area contributed by atoms with E-state index in [-0.39, 0.29) is 29.8 Å². The van der Waals surface area contributed by atoms with Crippen LogP contribution in [0.2, 0.25) is 0 Å². The van der Waals surface area contributed by atoms with Gasteiger partial charge in [0.2, 0.25) is 10.0 Å². The second-order valence-electron chi connectivity index (χ2n) is 4.62. The van der Waals surface area contributed by atoms with E-state index in [2.05, 4.69) is 0 Å². The number of carbonyl (C=O) groups excluding carboxylic acids is 1. The third-order valence-electron chi connectivity index (χ3n) is 3.05. The molecule has 0 saturated heterocycles. The minimum atomic E-state index is -3.77. The van der Waals surface area contributed by atoms with E-state index >= 15 is 0 Å². The van der Waals surface area contributed by atoms with Gasteiger partial charge in [0.25, 0.3) is 0 Å². The Labute approximate surface area is 118 Å². The van der Waals surface area contributed by atoms with Gasteiger partial charge in [-0.3, -0.25) is 4.79 Å². The van der Waals surface area contributed by atoms with Crippen LogP contribution in [0, 0.1) is 0 Å². The lowest BCUT2D eigenvalue weighted by Gasteiger charge is -2.21. The molecule has 0 radical (unpaired) electrons. The van der Waals surface area contributed by atoms with E-state index in [1.165, 1.54) is 16.4 Å². The average molecular weight is 298 g/mol. The fourth-order valence-corrected chi connectivity index (χ4v) is 3.70. The van der Waals surface area contributed by atoms with Crippen molar-refractivity contribution in [3.63, 3.8) is 0 Å². The van der Waals surface area contributed by atoms with Crippen LogP contribution in [0.3, 0.4) is 0 Å². The molecule has 2 rings (SSSR count). The minimum Gasteiger partial charge on any atom is -0.465 e. The summed E-state index contributed by atoms with van der Waals surface area (Å²) in [6, 6.07) is 6.12. The van der Waals surface area contributed by atoms with Crippen LogP contribution in [0.25, 0.3) is 0 Å². The molecule has 0 spiro atoms. The van der Waals surface area contributed by atoms with Crippen molar-refractivity contribution < 1.29 is 17.9 Å². The first-order valence-corrected chi connectivity index (χ1v) is 7.92. The Morgan fingerprint density at radius 3 is 2.60 bits per heavy atom. The lowest BCUT2D eigenvalue weighted by molar-refractivity contribution is -0.143. The van der Waals surface area contributed by atoms with E-state index in [4.69, 9.17) is 10.5 Å². The molecule has 6 nitrogen and oxygen atoms in total. The largest absolute Gasteiger partial charge is 0.465 e. The number of nitrogen functional groups attached to an aromatic ring is 1. The highest BCUT2D eigenvalue weighted by atomic mass is 32.2. The molecule has 0 aliphatic heterocycles. The first kappa shape index (κ1) is 14.8. The summed E-state index contributed by atoms with van der Waals surface area (Å²) >= 11 is 0. The molecule has 1 saturated carbocycles. The fraction of sp³-hybridized carbons (Fsp3) is 0.462. The number of para-hydroxylation sites is 1. The number of ether oxygens (including phenoxy) is 1. The monoisotopic (exact) mass is 298 g/mol. The Kier molecular flexibility index (Phi) is 4.29. The van der Waals surface area contributed by atoms with Gasteiger partial charge in [-0.15, -0.1) is 0 Å². The molecule has 1 aliphatic carbocycles. The molecule has 0 aromatic heterocycles. The molecule has 0 amide bonds. The number of hydrogen-bond donors (Lipinski definition) is 1. The van der Waals surface area contributed by atoms with Crippen molar-refractivity contribution in [3.8, 4) is 0 Å². The molecule has 1 aliphatic rings. The lowest BCUT2D eigenvalue weighted by Crippen LogP contribution is -2.38. The van der Waals surface area contributed by atoms with Crippen LogP contribution in [-0.4, -0.2) is 37.9 Å². The molecule has 0 atom stereocenters. The van der Waals surface area contributed by atoms with Gasteiger partial charge >= 0.3 is 5.97 Å². The molecule has 20 heavy (non-hydrogen) atoms. The number of sulfonamides is 1. The van der Waals surface area contributed by atoms with Crippen molar-refractivity contribution in [2.75, 3.05) is 18.9 Å². The number of rotatable bonds is 6. The second kappa shape index (κ2) is 5.80. The average Bonchev–Trinajstić information content (AvgIpc) is 3.20. The van der Waals surface area contributed by atoms with Gasteiger partial charge in [-0.25, -0.2) is 8.42 Å². The minimum absolute atomic E-state index is 0.0381. The van der Waals surface area contributed by atoms with Crippen LogP contribution < -0.4 is 5.73 Å². The maximum absolute atomic E-state index is 12.6. The summed E-state index contributed by atoms with van der Waals surface area (Å²) in [5, 5.41) is 0. The van der Waals surface area contributed by atoms with Crippen LogP contribution in [0.5, 0.6) is 0 Å². The predicted octanol–water partition coefficient (Wildman–Crippen LogP) is 0.985. The van der Waals surface area contributed by atoms with Gasteiger partial charge in [0.15, 0.2) is 0 Å². The van der Waals surface area contributed by atoms with Crippen molar-refractivity contribution in [2.24, 2.45) is 0 Å². The lowest BCUT2D eigenvalue weighted by atomic mass is 10.3. The van der Waals surface area contributed by atoms with Gasteiger partial charge in [-0.05, 0) is 31.9 Å². The molecule has 0 bridgehead atoms. The van der Waals surface area contributed by atoms with Gasteiger partial charge in [0.1, 0.15) is 11.4 Å². The summed E-state index contributed by atoms with van der Waals surface area (Å²) in [4.78, 5) is 11.6. The number of benzene rings is 1.